The third-order valence-corrected chi connectivity index (χ3v) is 8.51. The number of carbonyl (C=O) groups is 4. The zero-order valence-corrected chi connectivity index (χ0v) is 27.4. The Hall–Kier alpha value is -2.83. The summed E-state index contributed by atoms with van der Waals surface area (Å²) in [6.45, 7) is 7.90. The fourth-order valence-corrected chi connectivity index (χ4v) is 6.10. The van der Waals surface area contributed by atoms with Crippen molar-refractivity contribution >= 4 is 36.4 Å². The van der Waals surface area contributed by atoms with Crippen LogP contribution in [0.1, 0.15) is 84.6 Å². The van der Waals surface area contributed by atoms with Crippen molar-refractivity contribution in [2.45, 2.75) is 121 Å². The minimum Gasteiger partial charge on any atom is -0.445 e. The molecule has 1 aromatic rings. The van der Waals surface area contributed by atoms with Crippen molar-refractivity contribution in [3.05, 3.63) is 35.9 Å². The average Bonchev–Trinajstić information content (AvgIpc) is 3.37. The zero-order chi connectivity index (χ0) is 32.3. The van der Waals surface area contributed by atoms with Crippen LogP contribution in [0.15, 0.2) is 30.3 Å². The Labute approximate surface area is 266 Å². The average molecular weight is 634 g/mol. The second-order valence-electron chi connectivity index (χ2n) is 13.0. The standard InChI is InChI=1S/C32H51N5O6S/c1-20(43-32(2,3)4)26(37-31(41)42-19-22-13-9-6-10-14-22)30(40)36-25(17-21-11-7-5-8-12-21)29(39)35-24(27(33)44)18-23-15-16-34-28(23)38/h6,9-10,13-14,20-21,23-27,44H,5,7-8,11-12,15-19,33H2,1-4H3,(H,34,38)(H,35,39)(H,36,40)(H,37,41)/t20-,23+,24+,25+,26+,27+/m1/s1. The molecule has 0 aromatic heterocycles. The molecule has 12 heteroatoms. The largest absolute Gasteiger partial charge is 0.445 e. The van der Waals surface area contributed by atoms with E-state index in [1.165, 1.54) is 0 Å². The van der Waals surface area contributed by atoms with Gasteiger partial charge in [-0.05, 0) is 58.4 Å². The molecule has 6 atom stereocenters. The lowest BCUT2D eigenvalue weighted by Gasteiger charge is -2.33. The predicted octanol–water partition coefficient (Wildman–Crippen LogP) is 3.17. The SMILES string of the molecule is C[C@@H](OC(C)(C)C)[C@H](NC(=O)OCc1ccccc1)C(=O)N[C@@H](CC1CCCCC1)C(=O)N[C@@H](C[C@@H]1CCNC1=O)[C@@H](N)S. The molecular weight excluding hydrogens is 582 g/mol. The van der Waals surface area contributed by atoms with E-state index in [2.05, 4.69) is 33.9 Å². The fraction of sp³-hybridized carbons (Fsp3) is 0.688. The number of nitrogens with two attached hydrogens (primary N) is 1. The van der Waals surface area contributed by atoms with E-state index in [1.807, 2.05) is 51.1 Å². The van der Waals surface area contributed by atoms with Gasteiger partial charge in [0.25, 0.3) is 0 Å². The van der Waals surface area contributed by atoms with Crippen LogP contribution in [-0.4, -0.2) is 65.6 Å². The molecule has 2 fully saturated rings. The van der Waals surface area contributed by atoms with Crippen molar-refractivity contribution in [3.8, 4) is 0 Å². The molecule has 0 unspecified atom stereocenters. The van der Waals surface area contributed by atoms with Gasteiger partial charge in [0.2, 0.25) is 17.7 Å². The molecule has 3 rings (SSSR count). The first-order valence-corrected chi connectivity index (χ1v) is 16.3. The van der Waals surface area contributed by atoms with Crippen LogP contribution in [0.4, 0.5) is 4.79 Å². The molecular formula is C32H51N5O6S. The van der Waals surface area contributed by atoms with Crippen LogP contribution in [0.2, 0.25) is 0 Å². The molecule has 1 heterocycles. The number of hydrogen-bond donors (Lipinski definition) is 6. The van der Waals surface area contributed by atoms with E-state index in [-0.39, 0.29) is 24.3 Å². The molecule has 0 bridgehead atoms. The van der Waals surface area contributed by atoms with Crippen LogP contribution in [0.25, 0.3) is 0 Å². The highest BCUT2D eigenvalue weighted by Gasteiger charge is 2.36. The van der Waals surface area contributed by atoms with Crippen molar-refractivity contribution in [1.82, 2.24) is 21.3 Å². The molecule has 0 radical (unpaired) electrons. The van der Waals surface area contributed by atoms with Crippen LogP contribution in [0, 0.1) is 11.8 Å². The van der Waals surface area contributed by atoms with Gasteiger partial charge in [0.05, 0.1) is 23.1 Å². The van der Waals surface area contributed by atoms with Crippen molar-refractivity contribution < 1.29 is 28.7 Å². The highest BCUT2D eigenvalue weighted by Crippen LogP contribution is 2.28. The topological polar surface area (TPSA) is 161 Å². The molecule has 1 aliphatic carbocycles. The summed E-state index contributed by atoms with van der Waals surface area (Å²) in [5.74, 6) is -1.03. The number of rotatable bonds is 14. The normalized spacial score (nSPS) is 20.9. The summed E-state index contributed by atoms with van der Waals surface area (Å²) in [7, 11) is 0. The van der Waals surface area contributed by atoms with Gasteiger partial charge < -0.3 is 36.5 Å². The molecule has 0 spiro atoms. The number of benzene rings is 1. The Morgan fingerprint density at radius 2 is 1.68 bits per heavy atom. The summed E-state index contributed by atoms with van der Waals surface area (Å²) < 4.78 is 11.5. The monoisotopic (exact) mass is 633 g/mol. The third-order valence-electron chi connectivity index (χ3n) is 8.15. The van der Waals surface area contributed by atoms with Gasteiger partial charge in [-0.3, -0.25) is 14.4 Å². The second kappa shape index (κ2) is 17.0. The molecule has 1 aromatic carbocycles. The lowest BCUT2D eigenvalue weighted by Crippen LogP contribution is -2.60. The summed E-state index contributed by atoms with van der Waals surface area (Å²) in [6, 6.07) is 6.63. The first kappa shape index (κ1) is 35.6. The smallest absolute Gasteiger partial charge is 0.408 e. The van der Waals surface area contributed by atoms with E-state index in [9.17, 15) is 19.2 Å². The van der Waals surface area contributed by atoms with Gasteiger partial charge in [-0.25, -0.2) is 4.79 Å². The maximum atomic E-state index is 13.8. The molecule has 2 aliphatic rings. The van der Waals surface area contributed by atoms with E-state index >= 15 is 0 Å². The zero-order valence-electron chi connectivity index (χ0n) is 26.5. The minimum absolute atomic E-state index is 0.0343. The number of carbonyl (C=O) groups excluding carboxylic acids is 4. The number of thiol groups is 1. The quantitative estimate of drug-likeness (QED) is 0.136. The molecule has 44 heavy (non-hydrogen) atoms. The van der Waals surface area contributed by atoms with E-state index in [0.717, 1.165) is 37.7 Å². The van der Waals surface area contributed by atoms with Crippen molar-refractivity contribution in [1.29, 1.82) is 0 Å². The Morgan fingerprint density at radius 1 is 1.00 bits per heavy atom. The molecule has 4 amide bonds. The summed E-state index contributed by atoms with van der Waals surface area (Å²) >= 11 is 4.39. The van der Waals surface area contributed by atoms with Crippen molar-refractivity contribution in [2.24, 2.45) is 17.6 Å². The lowest BCUT2D eigenvalue weighted by atomic mass is 9.84. The lowest BCUT2D eigenvalue weighted by molar-refractivity contribution is -0.135. The van der Waals surface area contributed by atoms with Gasteiger partial charge >= 0.3 is 6.09 Å². The maximum absolute atomic E-state index is 13.8. The Balaban J connectivity index is 1.76. The summed E-state index contributed by atoms with van der Waals surface area (Å²) in [5.41, 5.74) is 6.32. The Morgan fingerprint density at radius 3 is 2.27 bits per heavy atom. The number of ether oxygens (including phenoxy) is 2. The molecule has 11 nitrogen and oxygen atoms in total. The second-order valence-corrected chi connectivity index (χ2v) is 13.6. The highest BCUT2D eigenvalue weighted by molar-refractivity contribution is 7.80. The van der Waals surface area contributed by atoms with Crippen LogP contribution in [0.3, 0.4) is 0 Å². The van der Waals surface area contributed by atoms with E-state index in [4.69, 9.17) is 15.2 Å². The van der Waals surface area contributed by atoms with Crippen LogP contribution < -0.4 is 27.0 Å². The van der Waals surface area contributed by atoms with Crippen LogP contribution in [0.5, 0.6) is 0 Å². The first-order chi connectivity index (χ1) is 20.8. The van der Waals surface area contributed by atoms with Gasteiger partial charge in [-0.2, -0.15) is 12.6 Å². The summed E-state index contributed by atoms with van der Waals surface area (Å²) in [5, 5.41) is 10.7. The number of hydrogen-bond acceptors (Lipinski definition) is 8. The maximum Gasteiger partial charge on any atom is 0.408 e. The summed E-state index contributed by atoms with van der Waals surface area (Å²) in [4.78, 5) is 52.7. The predicted molar refractivity (Wildman–Crippen MR) is 172 cm³/mol. The molecule has 6 N–H and O–H groups in total. The minimum atomic E-state index is -1.13. The highest BCUT2D eigenvalue weighted by atomic mass is 32.1. The van der Waals surface area contributed by atoms with Gasteiger partial charge in [0.1, 0.15) is 18.7 Å². The van der Waals surface area contributed by atoms with Gasteiger partial charge in [-0.15, -0.1) is 0 Å². The van der Waals surface area contributed by atoms with E-state index in [1.54, 1.807) is 6.92 Å². The van der Waals surface area contributed by atoms with Crippen molar-refractivity contribution in [3.63, 3.8) is 0 Å². The van der Waals surface area contributed by atoms with Crippen LogP contribution >= 0.6 is 12.6 Å². The molecule has 1 aliphatic heterocycles. The summed E-state index contributed by atoms with van der Waals surface area (Å²) in [6.07, 6.45) is 5.16. The fourth-order valence-electron chi connectivity index (χ4n) is 5.91. The molecule has 246 valence electrons. The van der Waals surface area contributed by atoms with E-state index < -0.39 is 53.1 Å². The number of nitrogens with one attached hydrogen (secondary N) is 4. The molecule has 1 saturated heterocycles. The Bertz CT molecular complexity index is 1090. The van der Waals surface area contributed by atoms with Crippen molar-refractivity contribution in [2.75, 3.05) is 6.54 Å². The number of alkyl carbamates (subject to hydrolysis) is 1. The number of amides is 4. The van der Waals surface area contributed by atoms with Crippen LogP contribution in [-0.2, 0) is 30.5 Å². The van der Waals surface area contributed by atoms with Gasteiger partial charge in [0.15, 0.2) is 0 Å². The first-order valence-electron chi connectivity index (χ1n) is 15.8. The van der Waals surface area contributed by atoms with Gasteiger partial charge in [0, 0.05) is 12.5 Å². The van der Waals surface area contributed by atoms with Gasteiger partial charge in [-0.1, -0.05) is 62.4 Å². The van der Waals surface area contributed by atoms with E-state index in [0.29, 0.717) is 25.8 Å². The molecule has 1 saturated carbocycles. The third kappa shape index (κ3) is 11.9. The Kier molecular flexibility index (Phi) is 13.8.